The molecule has 0 radical (unpaired) electrons. The van der Waals surface area contributed by atoms with Crippen molar-refractivity contribution in [1.82, 2.24) is 19.6 Å². The predicted octanol–water partition coefficient (Wildman–Crippen LogP) is 2.74. The van der Waals surface area contributed by atoms with Crippen LogP contribution >= 0.6 is 0 Å². The van der Waals surface area contributed by atoms with E-state index in [2.05, 4.69) is 10.00 Å². The van der Waals surface area contributed by atoms with E-state index in [1.807, 2.05) is 36.2 Å². The Labute approximate surface area is 176 Å². The summed E-state index contributed by atoms with van der Waals surface area (Å²) in [6.07, 6.45) is 5.69. The van der Waals surface area contributed by atoms with Crippen LogP contribution in [0.1, 0.15) is 55.9 Å². The number of aromatic nitrogens is 2. The van der Waals surface area contributed by atoms with E-state index < -0.39 is 0 Å². The Kier molecular flexibility index (Phi) is 4.81. The van der Waals surface area contributed by atoms with Gasteiger partial charge in [0.15, 0.2) is 5.69 Å². The average molecular weight is 411 g/mol. The maximum Gasteiger partial charge on any atom is 0.275 e. The number of fused-ring (bicyclic) bond motifs is 1. The van der Waals surface area contributed by atoms with E-state index in [1.165, 1.54) is 0 Å². The normalized spacial score (nSPS) is 23.7. The number of rotatable bonds is 3. The third-order valence-electron chi connectivity index (χ3n) is 7.09. The summed E-state index contributed by atoms with van der Waals surface area (Å²) in [6.45, 7) is 3.72. The molecule has 5 rings (SSSR count). The Hall–Kier alpha value is -2.41. The van der Waals surface area contributed by atoms with Gasteiger partial charge in [-0.1, -0.05) is 18.2 Å². The molecule has 7 heteroatoms. The van der Waals surface area contributed by atoms with Gasteiger partial charge >= 0.3 is 0 Å². The van der Waals surface area contributed by atoms with Gasteiger partial charge in [-0.05, 0) is 44.6 Å². The van der Waals surface area contributed by atoms with Crippen LogP contribution in [-0.4, -0.2) is 68.8 Å². The van der Waals surface area contributed by atoms with E-state index in [9.17, 15) is 9.59 Å². The molecule has 1 unspecified atom stereocenters. The lowest BCUT2D eigenvalue weighted by Gasteiger charge is -2.48. The fourth-order valence-electron chi connectivity index (χ4n) is 5.39. The second-order valence-corrected chi connectivity index (χ2v) is 9.12. The highest BCUT2D eigenvalue weighted by Gasteiger charge is 2.46. The molecule has 1 aliphatic carbocycles. The van der Waals surface area contributed by atoms with Gasteiger partial charge in [-0.15, -0.1) is 0 Å². The molecule has 3 heterocycles. The number of hydrogen-bond acceptors (Lipinski definition) is 4. The number of benzene rings is 1. The van der Waals surface area contributed by atoms with Crippen LogP contribution in [0, 0.1) is 0 Å². The Balaban J connectivity index is 1.28. The van der Waals surface area contributed by atoms with E-state index >= 15 is 0 Å². The molecule has 1 aromatic carbocycles. The molecular weight excluding hydrogens is 380 g/mol. The molecule has 0 bridgehead atoms. The van der Waals surface area contributed by atoms with Crippen molar-refractivity contribution in [2.75, 3.05) is 19.7 Å². The van der Waals surface area contributed by atoms with Crippen molar-refractivity contribution in [3.05, 3.63) is 30.0 Å². The van der Waals surface area contributed by atoms with Gasteiger partial charge in [0.2, 0.25) is 5.91 Å². The smallest absolute Gasteiger partial charge is 0.275 e. The second-order valence-electron chi connectivity index (χ2n) is 9.12. The summed E-state index contributed by atoms with van der Waals surface area (Å²) in [5.41, 5.74) is 1.29. The summed E-state index contributed by atoms with van der Waals surface area (Å²) >= 11 is 0. The molecule has 7 nitrogen and oxygen atoms in total. The first-order valence-electron chi connectivity index (χ1n) is 11.1. The third-order valence-corrected chi connectivity index (χ3v) is 7.09. The maximum atomic E-state index is 13.2. The number of amides is 2. The number of nitrogens with zero attached hydrogens (tertiary/aromatic N) is 4. The molecule has 160 valence electrons. The molecule has 1 atom stereocenters. The fraction of sp³-hybridized carbons (Fsp3) is 0.609. The molecule has 0 N–H and O–H groups in total. The first kappa shape index (κ1) is 19.5. The lowest BCUT2D eigenvalue weighted by Crippen LogP contribution is -2.55. The van der Waals surface area contributed by atoms with Crippen molar-refractivity contribution >= 4 is 22.7 Å². The highest BCUT2D eigenvalue weighted by Crippen LogP contribution is 2.40. The van der Waals surface area contributed by atoms with Gasteiger partial charge in [0.05, 0.1) is 11.1 Å². The second kappa shape index (κ2) is 7.38. The number of carbonyl (C=O) groups is 2. The van der Waals surface area contributed by atoms with E-state index in [0.29, 0.717) is 31.4 Å². The standard InChI is InChI=1S/C23H30N4O3/c1-16(28)27(17-7-8-17)18-9-14-30-23(15-18)10-12-26(13-11-23)22(29)21-19-5-3-4-6-20(19)25(2)24-21/h3-6,17-18H,7-15H2,1-2H3. The maximum absolute atomic E-state index is 13.2. The number of likely N-dealkylation sites (tertiary alicyclic amines) is 1. The van der Waals surface area contributed by atoms with Crippen LogP contribution in [0.3, 0.4) is 0 Å². The van der Waals surface area contributed by atoms with Crippen molar-refractivity contribution in [2.45, 2.75) is 63.1 Å². The van der Waals surface area contributed by atoms with Crippen molar-refractivity contribution in [1.29, 1.82) is 0 Å². The van der Waals surface area contributed by atoms with Gasteiger partial charge in [0, 0.05) is 51.1 Å². The van der Waals surface area contributed by atoms with E-state index in [0.717, 1.165) is 49.4 Å². The van der Waals surface area contributed by atoms with E-state index in [-0.39, 0.29) is 23.5 Å². The average Bonchev–Trinajstić information content (AvgIpc) is 3.51. The van der Waals surface area contributed by atoms with E-state index in [4.69, 9.17) is 4.74 Å². The van der Waals surface area contributed by atoms with Gasteiger partial charge in [0.25, 0.3) is 5.91 Å². The predicted molar refractivity (Wildman–Crippen MR) is 113 cm³/mol. The van der Waals surface area contributed by atoms with Crippen LogP contribution in [0.4, 0.5) is 0 Å². The molecule has 3 fully saturated rings. The van der Waals surface area contributed by atoms with Crippen LogP contribution < -0.4 is 0 Å². The molecule has 1 saturated carbocycles. The van der Waals surface area contributed by atoms with Crippen LogP contribution in [-0.2, 0) is 16.6 Å². The monoisotopic (exact) mass is 410 g/mol. The SMILES string of the molecule is CC(=O)N(C1CC1)C1CCOC2(CCN(C(=O)c3nn(C)c4ccccc34)CC2)C1. The number of hydrogen-bond donors (Lipinski definition) is 0. The van der Waals surface area contributed by atoms with Crippen LogP contribution in [0.2, 0.25) is 0 Å². The Bertz CT molecular complexity index is 972. The quantitative estimate of drug-likeness (QED) is 0.780. The molecule has 2 aliphatic heterocycles. The molecular formula is C23H30N4O3. The van der Waals surface area contributed by atoms with Gasteiger partial charge in [0.1, 0.15) is 0 Å². The van der Waals surface area contributed by atoms with Crippen molar-refractivity contribution in [3.8, 4) is 0 Å². The zero-order valence-corrected chi connectivity index (χ0v) is 17.8. The van der Waals surface area contributed by atoms with Crippen LogP contribution in [0.5, 0.6) is 0 Å². The van der Waals surface area contributed by atoms with E-state index in [1.54, 1.807) is 11.6 Å². The van der Waals surface area contributed by atoms with Crippen molar-refractivity contribution < 1.29 is 14.3 Å². The third kappa shape index (κ3) is 3.39. The zero-order valence-electron chi connectivity index (χ0n) is 17.8. The molecule has 2 aromatic rings. The molecule has 3 aliphatic rings. The Morgan fingerprint density at radius 2 is 1.87 bits per heavy atom. The van der Waals surface area contributed by atoms with Crippen molar-refractivity contribution in [2.24, 2.45) is 7.05 Å². The van der Waals surface area contributed by atoms with Gasteiger partial charge in [-0.3, -0.25) is 14.3 Å². The number of piperidine rings is 1. The lowest BCUT2D eigenvalue weighted by atomic mass is 9.81. The van der Waals surface area contributed by atoms with Gasteiger partial charge in [-0.25, -0.2) is 0 Å². The highest BCUT2D eigenvalue weighted by molar-refractivity contribution is 6.04. The summed E-state index contributed by atoms with van der Waals surface area (Å²) in [7, 11) is 1.88. The fourth-order valence-corrected chi connectivity index (χ4v) is 5.39. The zero-order chi connectivity index (χ0) is 20.9. The van der Waals surface area contributed by atoms with Gasteiger partial charge < -0.3 is 14.5 Å². The number of aryl methyl sites for hydroxylation is 1. The van der Waals surface area contributed by atoms with Crippen molar-refractivity contribution in [3.63, 3.8) is 0 Å². The molecule has 1 aromatic heterocycles. The Morgan fingerprint density at radius 1 is 1.13 bits per heavy atom. The summed E-state index contributed by atoms with van der Waals surface area (Å²) in [5, 5.41) is 5.40. The van der Waals surface area contributed by atoms with Crippen LogP contribution in [0.15, 0.2) is 24.3 Å². The molecule has 2 saturated heterocycles. The summed E-state index contributed by atoms with van der Waals surface area (Å²) in [5.74, 6) is 0.187. The number of para-hydroxylation sites is 1. The number of carbonyl (C=O) groups excluding carboxylic acids is 2. The first-order valence-corrected chi connectivity index (χ1v) is 11.1. The van der Waals surface area contributed by atoms with Crippen LogP contribution in [0.25, 0.3) is 10.9 Å². The van der Waals surface area contributed by atoms with Gasteiger partial charge in [-0.2, -0.15) is 5.10 Å². The summed E-state index contributed by atoms with van der Waals surface area (Å²) in [6, 6.07) is 8.56. The molecule has 1 spiro atoms. The topological polar surface area (TPSA) is 67.7 Å². The summed E-state index contributed by atoms with van der Waals surface area (Å²) < 4.78 is 8.05. The Morgan fingerprint density at radius 3 is 2.57 bits per heavy atom. The minimum Gasteiger partial charge on any atom is -0.375 e. The molecule has 30 heavy (non-hydrogen) atoms. The first-order chi connectivity index (χ1) is 14.5. The summed E-state index contributed by atoms with van der Waals surface area (Å²) in [4.78, 5) is 29.5. The number of ether oxygens (including phenoxy) is 1. The lowest BCUT2D eigenvalue weighted by molar-refractivity contribution is -0.148. The highest BCUT2D eigenvalue weighted by atomic mass is 16.5. The minimum atomic E-state index is -0.214. The largest absolute Gasteiger partial charge is 0.375 e. The minimum absolute atomic E-state index is 0.00245. The molecule has 2 amide bonds.